The number of hydrogen-bond acceptors (Lipinski definition) is 2. The minimum absolute atomic E-state index is 0.150. The van der Waals surface area contributed by atoms with Crippen molar-refractivity contribution in [3.63, 3.8) is 0 Å². The summed E-state index contributed by atoms with van der Waals surface area (Å²) in [6.07, 6.45) is -0.740. The fourth-order valence-electron chi connectivity index (χ4n) is 0.254. The molecule has 0 aliphatic rings. The van der Waals surface area contributed by atoms with Crippen LogP contribution < -0.4 is 0 Å². The highest BCUT2D eigenvalue weighted by atomic mass is 80.0. The van der Waals surface area contributed by atoms with Crippen molar-refractivity contribution in [1.82, 2.24) is 0 Å². The zero-order valence-corrected chi connectivity index (χ0v) is 9.57. The first-order valence-electron chi connectivity index (χ1n) is 2.34. The van der Waals surface area contributed by atoms with Crippen LogP contribution in [0.2, 0.25) is 0 Å². The number of hydrogen-bond donors (Lipinski definition) is 1. The standard InChI is InChI=1S/C4H5Br3O3/c5-4(6,7)1-2-10-3(8)9/h1-2H2,(H,8,9). The zero-order valence-electron chi connectivity index (χ0n) is 4.81. The van der Waals surface area contributed by atoms with Gasteiger partial charge in [0.15, 0.2) is 0 Å². The molecule has 0 aliphatic carbocycles. The van der Waals surface area contributed by atoms with E-state index in [1.807, 2.05) is 0 Å². The van der Waals surface area contributed by atoms with Crippen molar-refractivity contribution >= 4 is 53.9 Å². The Kier molecular flexibility index (Phi) is 4.88. The molecule has 0 rings (SSSR count). The van der Waals surface area contributed by atoms with Crippen LogP contribution in [-0.2, 0) is 4.74 Å². The third-order valence-electron chi connectivity index (χ3n) is 0.611. The van der Waals surface area contributed by atoms with E-state index in [9.17, 15) is 4.79 Å². The van der Waals surface area contributed by atoms with E-state index in [1.54, 1.807) is 0 Å². The van der Waals surface area contributed by atoms with Gasteiger partial charge in [-0.05, 0) is 0 Å². The van der Waals surface area contributed by atoms with Gasteiger partial charge in [0.05, 0.1) is 6.61 Å². The topological polar surface area (TPSA) is 46.5 Å². The van der Waals surface area contributed by atoms with Crippen LogP contribution >= 0.6 is 47.8 Å². The molecule has 10 heavy (non-hydrogen) atoms. The summed E-state index contributed by atoms with van der Waals surface area (Å²) < 4.78 is 3.83. The average molecular weight is 341 g/mol. The largest absolute Gasteiger partial charge is 0.505 e. The lowest BCUT2D eigenvalue weighted by atomic mass is 10.5. The van der Waals surface area contributed by atoms with Crippen molar-refractivity contribution in [3.05, 3.63) is 0 Å². The van der Waals surface area contributed by atoms with Crippen LogP contribution in [0.5, 0.6) is 0 Å². The molecule has 0 aromatic heterocycles. The second-order valence-electron chi connectivity index (χ2n) is 1.48. The Morgan fingerprint density at radius 2 is 2.00 bits per heavy atom. The van der Waals surface area contributed by atoms with Crippen LogP contribution in [0.15, 0.2) is 0 Å². The number of halogens is 3. The molecule has 0 aromatic rings. The van der Waals surface area contributed by atoms with E-state index < -0.39 is 8.30 Å². The Balaban J connectivity index is 3.29. The minimum atomic E-state index is -1.25. The fourth-order valence-corrected chi connectivity index (χ4v) is 0.740. The maximum absolute atomic E-state index is 9.82. The van der Waals surface area contributed by atoms with Crippen molar-refractivity contribution in [2.75, 3.05) is 6.61 Å². The monoisotopic (exact) mass is 338 g/mol. The third-order valence-corrected chi connectivity index (χ3v) is 1.80. The second kappa shape index (κ2) is 4.56. The number of carbonyl (C=O) groups is 1. The number of rotatable bonds is 2. The number of alkyl halides is 3. The summed E-state index contributed by atoms with van der Waals surface area (Å²) in [6.45, 7) is 0.150. The van der Waals surface area contributed by atoms with Crippen LogP contribution in [0.3, 0.4) is 0 Å². The van der Waals surface area contributed by atoms with Gasteiger partial charge in [0, 0.05) is 6.42 Å². The number of ether oxygens (including phenoxy) is 1. The van der Waals surface area contributed by atoms with E-state index in [1.165, 1.54) is 0 Å². The Labute approximate surface area is 83.5 Å². The maximum Gasteiger partial charge on any atom is 0.505 e. The molecule has 0 fully saturated rings. The molecule has 0 saturated carbocycles. The van der Waals surface area contributed by atoms with Gasteiger partial charge in [0.1, 0.15) is 2.14 Å². The summed E-state index contributed by atoms with van der Waals surface area (Å²) in [7, 11) is 0. The summed E-state index contributed by atoms with van der Waals surface area (Å²) in [5.41, 5.74) is 0. The highest BCUT2D eigenvalue weighted by Crippen LogP contribution is 2.36. The Morgan fingerprint density at radius 3 is 2.30 bits per heavy atom. The van der Waals surface area contributed by atoms with Crippen LogP contribution in [0.4, 0.5) is 4.79 Å². The van der Waals surface area contributed by atoms with Gasteiger partial charge >= 0.3 is 6.16 Å². The van der Waals surface area contributed by atoms with E-state index in [4.69, 9.17) is 5.11 Å². The zero-order chi connectivity index (χ0) is 8.20. The predicted molar refractivity (Wildman–Crippen MR) is 48.1 cm³/mol. The molecule has 0 heterocycles. The molecular weight excluding hydrogens is 336 g/mol. The van der Waals surface area contributed by atoms with Crippen LogP contribution in [0.25, 0.3) is 0 Å². The molecule has 3 nitrogen and oxygen atoms in total. The lowest BCUT2D eigenvalue weighted by Gasteiger charge is -2.09. The van der Waals surface area contributed by atoms with Crippen LogP contribution in [-0.4, -0.2) is 20.0 Å². The molecule has 0 unspecified atom stereocenters. The maximum atomic E-state index is 9.82. The predicted octanol–water partition coefficient (Wildman–Crippen LogP) is 2.91. The molecule has 60 valence electrons. The Bertz CT molecular complexity index is 119. The summed E-state index contributed by atoms with van der Waals surface area (Å²) in [5.74, 6) is 0. The van der Waals surface area contributed by atoms with Gasteiger partial charge in [0.25, 0.3) is 0 Å². The number of carboxylic acid groups (broad SMARTS) is 1. The smallest absolute Gasteiger partial charge is 0.450 e. The normalized spacial score (nSPS) is 11.1. The lowest BCUT2D eigenvalue weighted by Crippen LogP contribution is -2.08. The molecule has 0 aromatic carbocycles. The molecule has 0 radical (unpaired) electrons. The van der Waals surface area contributed by atoms with E-state index in [0.29, 0.717) is 6.42 Å². The molecule has 0 aliphatic heterocycles. The molecule has 0 saturated heterocycles. The van der Waals surface area contributed by atoms with Crippen molar-refractivity contribution < 1.29 is 14.6 Å². The van der Waals surface area contributed by atoms with Crippen molar-refractivity contribution in [3.8, 4) is 0 Å². The minimum Gasteiger partial charge on any atom is -0.450 e. The van der Waals surface area contributed by atoms with Crippen LogP contribution in [0.1, 0.15) is 6.42 Å². The quantitative estimate of drug-likeness (QED) is 0.621. The lowest BCUT2D eigenvalue weighted by molar-refractivity contribution is 0.0915. The fraction of sp³-hybridized carbons (Fsp3) is 0.750. The van der Waals surface area contributed by atoms with E-state index >= 15 is 0 Å². The third kappa shape index (κ3) is 8.71. The molecule has 0 amide bonds. The molecule has 1 N–H and O–H groups in total. The SMILES string of the molecule is O=C(O)OCCC(Br)(Br)Br. The highest BCUT2D eigenvalue weighted by Gasteiger charge is 2.17. The highest BCUT2D eigenvalue weighted by molar-refractivity contribution is 9.39. The van der Waals surface area contributed by atoms with Gasteiger partial charge in [0.2, 0.25) is 0 Å². The van der Waals surface area contributed by atoms with Gasteiger partial charge < -0.3 is 9.84 Å². The van der Waals surface area contributed by atoms with Crippen molar-refractivity contribution in [2.45, 2.75) is 8.56 Å². The molecular formula is C4H5Br3O3. The first kappa shape index (κ1) is 10.7. The Hall–Kier alpha value is 0.710. The molecule has 6 heteroatoms. The summed E-state index contributed by atoms with van der Waals surface area (Å²) in [4.78, 5) is 9.82. The van der Waals surface area contributed by atoms with Gasteiger partial charge in [-0.25, -0.2) is 4.79 Å². The van der Waals surface area contributed by atoms with E-state index in [0.717, 1.165) is 0 Å². The van der Waals surface area contributed by atoms with Crippen LogP contribution in [0, 0.1) is 0 Å². The summed E-state index contributed by atoms with van der Waals surface area (Å²) in [5, 5.41) is 8.04. The second-order valence-corrected chi connectivity index (χ2v) is 8.73. The molecule has 0 spiro atoms. The first-order valence-corrected chi connectivity index (χ1v) is 4.72. The Morgan fingerprint density at radius 1 is 1.50 bits per heavy atom. The molecule has 0 atom stereocenters. The van der Waals surface area contributed by atoms with Crippen molar-refractivity contribution in [2.24, 2.45) is 0 Å². The summed E-state index contributed by atoms with van der Waals surface area (Å²) in [6, 6.07) is 0. The van der Waals surface area contributed by atoms with E-state index in [2.05, 4.69) is 52.5 Å². The van der Waals surface area contributed by atoms with Gasteiger partial charge in [-0.1, -0.05) is 47.8 Å². The van der Waals surface area contributed by atoms with Gasteiger partial charge in [-0.3, -0.25) is 0 Å². The van der Waals surface area contributed by atoms with Gasteiger partial charge in [-0.15, -0.1) is 0 Å². The van der Waals surface area contributed by atoms with Gasteiger partial charge in [-0.2, -0.15) is 0 Å². The first-order chi connectivity index (χ1) is 4.42. The van der Waals surface area contributed by atoms with E-state index in [-0.39, 0.29) is 6.61 Å². The van der Waals surface area contributed by atoms with Crippen molar-refractivity contribution in [1.29, 1.82) is 0 Å². The summed E-state index contributed by atoms with van der Waals surface area (Å²) >= 11 is 9.57. The average Bonchev–Trinajstić information content (AvgIpc) is 1.59. The molecule has 0 bridgehead atoms.